The van der Waals surface area contributed by atoms with Gasteiger partial charge in [0.05, 0.1) is 0 Å². The van der Waals surface area contributed by atoms with Crippen LogP contribution in [0.3, 0.4) is 0 Å². The van der Waals surface area contributed by atoms with Gasteiger partial charge in [0.25, 0.3) is 0 Å². The number of hydrogen-bond acceptors (Lipinski definition) is 1. The lowest BCUT2D eigenvalue weighted by atomic mass is 10.2. The van der Waals surface area contributed by atoms with Crippen LogP contribution in [0.15, 0.2) is 24.3 Å². The summed E-state index contributed by atoms with van der Waals surface area (Å²) in [6.45, 7) is 6.55. The smallest absolute Gasteiger partial charge is 0.0116 e. The van der Waals surface area contributed by atoms with Crippen molar-refractivity contribution >= 4 is 11.8 Å². The van der Waals surface area contributed by atoms with Gasteiger partial charge in [-0.05, 0) is 11.7 Å². The van der Waals surface area contributed by atoms with E-state index >= 15 is 0 Å². The molecule has 0 saturated heterocycles. The van der Waals surface area contributed by atoms with Gasteiger partial charge in [-0.2, -0.15) is 11.8 Å². The van der Waals surface area contributed by atoms with Gasteiger partial charge in [0.2, 0.25) is 0 Å². The second-order valence-electron chi connectivity index (χ2n) is 2.72. The van der Waals surface area contributed by atoms with Crippen molar-refractivity contribution in [1.82, 2.24) is 0 Å². The molecular formula is C10H18S. The third-order valence-electron chi connectivity index (χ3n) is 1.16. The van der Waals surface area contributed by atoms with Crippen LogP contribution in [0, 0.1) is 5.92 Å². The zero-order valence-corrected chi connectivity index (χ0v) is 8.53. The molecule has 11 heavy (non-hydrogen) atoms. The van der Waals surface area contributed by atoms with E-state index in [0.29, 0.717) is 5.92 Å². The highest BCUT2D eigenvalue weighted by Crippen LogP contribution is 1.98. The maximum Gasteiger partial charge on any atom is 0.0116 e. The van der Waals surface area contributed by atoms with E-state index in [2.05, 4.69) is 45.1 Å². The zero-order chi connectivity index (χ0) is 8.53. The summed E-state index contributed by atoms with van der Waals surface area (Å²) < 4.78 is 0. The number of hydrogen-bond donors (Lipinski definition) is 0. The summed E-state index contributed by atoms with van der Waals surface area (Å²) in [6.07, 6.45) is 8.66. The molecule has 0 bridgehead atoms. The second kappa shape index (κ2) is 7.93. The Hall–Kier alpha value is -0.170. The van der Waals surface area contributed by atoms with Gasteiger partial charge in [0.1, 0.15) is 0 Å². The minimum atomic E-state index is 0.665. The Morgan fingerprint density at radius 1 is 1.27 bits per heavy atom. The molecule has 0 atom stereocenters. The molecule has 0 amide bonds. The quantitative estimate of drug-likeness (QED) is 0.449. The summed E-state index contributed by atoms with van der Waals surface area (Å²) in [7, 11) is 0. The average Bonchev–Trinajstić information content (AvgIpc) is 1.96. The second-order valence-corrected chi connectivity index (χ2v) is 4.04. The van der Waals surface area contributed by atoms with Crippen LogP contribution in [0.5, 0.6) is 0 Å². The molecule has 0 spiro atoms. The predicted octanol–water partition coefficient (Wildman–Crippen LogP) is 3.51. The predicted molar refractivity (Wildman–Crippen MR) is 56.1 cm³/mol. The van der Waals surface area contributed by atoms with Crippen LogP contribution < -0.4 is 0 Å². The van der Waals surface area contributed by atoms with Crippen LogP contribution in [-0.2, 0) is 0 Å². The third-order valence-corrected chi connectivity index (χ3v) is 2.00. The van der Waals surface area contributed by atoms with Crippen LogP contribution >= 0.6 is 11.8 Å². The molecule has 0 aromatic heterocycles. The molecule has 1 heteroatoms. The molecular weight excluding hydrogens is 152 g/mol. The van der Waals surface area contributed by atoms with Crippen LogP contribution in [0.25, 0.3) is 0 Å². The van der Waals surface area contributed by atoms with Crippen molar-refractivity contribution in [2.75, 3.05) is 11.5 Å². The lowest BCUT2D eigenvalue weighted by Gasteiger charge is -1.90. The highest BCUT2D eigenvalue weighted by molar-refractivity contribution is 7.99. The van der Waals surface area contributed by atoms with Crippen molar-refractivity contribution in [3.63, 3.8) is 0 Å². The SMILES string of the molecule is CCSC/C=C\C=C\C(C)C. The fraction of sp³-hybridized carbons (Fsp3) is 0.600. The maximum absolute atomic E-state index is 2.20. The molecule has 0 aromatic rings. The van der Waals surface area contributed by atoms with Crippen molar-refractivity contribution in [3.05, 3.63) is 24.3 Å². The summed E-state index contributed by atoms with van der Waals surface area (Å²) in [6, 6.07) is 0. The Morgan fingerprint density at radius 3 is 2.55 bits per heavy atom. The largest absolute Gasteiger partial charge is 0.158 e. The first kappa shape index (κ1) is 10.8. The number of rotatable bonds is 5. The topological polar surface area (TPSA) is 0 Å². The Morgan fingerprint density at radius 2 is 2.00 bits per heavy atom. The normalized spacial score (nSPS) is 12.4. The van der Waals surface area contributed by atoms with E-state index in [1.54, 1.807) is 0 Å². The molecule has 0 rings (SSSR count). The minimum absolute atomic E-state index is 0.665. The molecule has 0 N–H and O–H groups in total. The van der Waals surface area contributed by atoms with E-state index in [1.165, 1.54) is 5.75 Å². The van der Waals surface area contributed by atoms with Crippen molar-refractivity contribution in [3.8, 4) is 0 Å². The molecule has 0 radical (unpaired) electrons. The summed E-state index contributed by atoms with van der Waals surface area (Å²) in [5.41, 5.74) is 0. The zero-order valence-electron chi connectivity index (χ0n) is 7.71. The van der Waals surface area contributed by atoms with Gasteiger partial charge in [0.15, 0.2) is 0 Å². The first-order valence-corrected chi connectivity index (χ1v) is 5.34. The van der Waals surface area contributed by atoms with Crippen molar-refractivity contribution < 1.29 is 0 Å². The standard InChI is InChI=1S/C10H18S/c1-4-11-9-7-5-6-8-10(2)3/h5-8,10H,4,9H2,1-3H3/b7-5-,8-6+. The van der Waals surface area contributed by atoms with Gasteiger partial charge >= 0.3 is 0 Å². The highest BCUT2D eigenvalue weighted by Gasteiger charge is 1.79. The van der Waals surface area contributed by atoms with Crippen molar-refractivity contribution in [2.24, 2.45) is 5.92 Å². The van der Waals surface area contributed by atoms with Crippen LogP contribution in [0.4, 0.5) is 0 Å². The lowest BCUT2D eigenvalue weighted by Crippen LogP contribution is -1.75. The molecule has 0 heterocycles. The number of allylic oxidation sites excluding steroid dienone is 3. The Bertz CT molecular complexity index is 123. The molecule has 0 unspecified atom stereocenters. The van der Waals surface area contributed by atoms with Crippen molar-refractivity contribution in [2.45, 2.75) is 20.8 Å². The summed E-state index contributed by atoms with van der Waals surface area (Å²) in [5, 5.41) is 0. The van der Waals surface area contributed by atoms with Crippen LogP contribution in [-0.4, -0.2) is 11.5 Å². The lowest BCUT2D eigenvalue weighted by molar-refractivity contribution is 0.832. The Kier molecular flexibility index (Phi) is 7.81. The van der Waals surface area contributed by atoms with E-state index in [9.17, 15) is 0 Å². The monoisotopic (exact) mass is 170 g/mol. The van der Waals surface area contributed by atoms with E-state index in [4.69, 9.17) is 0 Å². The van der Waals surface area contributed by atoms with Gasteiger partial charge < -0.3 is 0 Å². The van der Waals surface area contributed by atoms with E-state index in [-0.39, 0.29) is 0 Å². The maximum atomic E-state index is 2.20. The molecule has 0 aliphatic rings. The van der Waals surface area contributed by atoms with E-state index in [0.717, 1.165) is 5.75 Å². The van der Waals surface area contributed by atoms with Crippen LogP contribution in [0.1, 0.15) is 20.8 Å². The van der Waals surface area contributed by atoms with Crippen LogP contribution in [0.2, 0.25) is 0 Å². The molecule has 0 nitrogen and oxygen atoms in total. The summed E-state index contributed by atoms with van der Waals surface area (Å²) in [5.74, 6) is 3.01. The molecule has 64 valence electrons. The summed E-state index contributed by atoms with van der Waals surface area (Å²) in [4.78, 5) is 0. The van der Waals surface area contributed by atoms with E-state index < -0.39 is 0 Å². The molecule has 0 fully saturated rings. The first-order valence-electron chi connectivity index (χ1n) is 4.18. The number of thioether (sulfide) groups is 1. The first-order chi connectivity index (χ1) is 5.27. The van der Waals surface area contributed by atoms with Gasteiger partial charge in [-0.15, -0.1) is 0 Å². The highest BCUT2D eigenvalue weighted by atomic mass is 32.2. The van der Waals surface area contributed by atoms with Gasteiger partial charge in [-0.3, -0.25) is 0 Å². The van der Waals surface area contributed by atoms with Gasteiger partial charge in [-0.1, -0.05) is 45.1 Å². The molecule has 0 aliphatic carbocycles. The minimum Gasteiger partial charge on any atom is -0.158 e. The van der Waals surface area contributed by atoms with E-state index in [1.807, 2.05) is 11.8 Å². The Balaban J connectivity index is 3.29. The van der Waals surface area contributed by atoms with Crippen molar-refractivity contribution in [1.29, 1.82) is 0 Å². The molecule has 0 aliphatic heterocycles. The molecule has 0 aromatic carbocycles. The average molecular weight is 170 g/mol. The third kappa shape index (κ3) is 9.83. The van der Waals surface area contributed by atoms with Gasteiger partial charge in [-0.25, -0.2) is 0 Å². The molecule has 0 saturated carbocycles. The fourth-order valence-electron chi connectivity index (χ4n) is 0.606. The Labute approximate surface area is 74.8 Å². The summed E-state index contributed by atoms with van der Waals surface area (Å²) >= 11 is 1.95. The fourth-order valence-corrected chi connectivity index (χ4v) is 1.09. The van der Waals surface area contributed by atoms with Gasteiger partial charge in [0, 0.05) is 5.75 Å².